The molecule has 0 aliphatic carbocycles. The number of amides is 2. The lowest BCUT2D eigenvalue weighted by Crippen LogP contribution is -2.15. The molecule has 138 valence electrons. The number of primary amides is 1. The molecule has 0 fully saturated rings. The molecular weight excluding hydrogens is 368 g/mol. The SMILES string of the molecule is COc1ccc(-c2nc(SCC(=O)Nc3ccc(C(N)=O)cc3)no2)cc1. The molecule has 2 aromatic carbocycles. The summed E-state index contributed by atoms with van der Waals surface area (Å²) in [6.45, 7) is 0. The molecule has 0 aliphatic heterocycles. The highest BCUT2D eigenvalue weighted by Gasteiger charge is 2.12. The molecule has 27 heavy (non-hydrogen) atoms. The molecule has 3 aromatic rings. The van der Waals surface area contributed by atoms with E-state index in [1.807, 2.05) is 12.1 Å². The zero-order chi connectivity index (χ0) is 19.2. The van der Waals surface area contributed by atoms with E-state index in [0.29, 0.717) is 22.3 Å². The third-order valence-corrected chi connectivity index (χ3v) is 4.36. The number of nitrogens with zero attached hydrogens (tertiary/aromatic N) is 2. The fourth-order valence-corrected chi connectivity index (χ4v) is 2.73. The number of anilines is 1. The van der Waals surface area contributed by atoms with Crippen molar-refractivity contribution in [2.75, 3.05) is 18.2 Å². The van der Waals surface area contributed by atoms with Crippen molar-refractivity contribution < 1.29 is 18.8 Å². The van der Waals surface area contributed by atoms with E-state index in [4.69, 9.17) is 15.0 Å². The van der Waals surface area contributed by atoms with Crippen molar-refractivity contribution in [2.45, 2.75) is 5.16 Å². The molecule has 9 heteroatoms. The summed E-state index contributed by atoms with van der Waals surface area (Å²) in [5.74, 6) is 0.450. The monoisotopic (exact) mass is 384 g/mol. The highest BCUT2D eigenvalue weighted by molar-refractivity contribution is 7.99. The van der Waals surface area contributed by atoms with Crippen molar-refractivity contribution in [3.8, 4) is 17.2 Å². The van der Waals surface area contributed by atoms with Crippen molar-refractivity contribution in [1.82, 2.24) is 10.1 Å². The quantitative estimate of drug-likeness (QED) is 0.601. The van der Waals surface area contributed by atoms with Crippen LogP contribution in [0.4, 0.5) is 5.69 Å². The van der Waals surface area contributed by atoms with Gasteiger partial charge in [-0.1, -0.05) is 11.8 Å². The third-order valence-electron chi connectivity index (χ3n) is 3.53. The van der Waals surface area contributed by atoms with E-state index in [-0.39, 0.29) is 11.7 Å². The zero-order valence-corrected chi connectivity index (χ0v) is 15.2. The number of hydrogen-bond acceptors (Lipinski definition) is 7. The topological polar surface area (TPSA) is 120 Å². The van der Waals surface area contributed by atoms with Crippen molar-refractivity contribution >= 4 is 29.3 Å². The first-order valence-corrected chi connectivity index (χ1v) is 8.84. The van der Waals surface area contributed by atoms with Crippen LogP contribution in [0.1, 0.15) is 10.4 Å². The van der Waals surface area contributed by atoms with Gasteiger partial charge in [0.05, 0.1) is 12.9 Å². The van der Waals surface area contributed by atoms with Gasteiger partial charge in [-0.05, 0) is 53.7 Å². The van der Waals surface area contributed by atoms with Gasteiger partial charge in [0.2, 0.25) is 17.0 Å². The summed E-state index contributed by atoms with van der Waals surface area (Å²) in [7, 11) is 1.59. The lowest BCUT2D eigenvalue weighted by molar-refractivity contribution is -0.113. The Morgan fingerprint density at radius 2 is 1.85 bits per heavy atom. The van der Waals surface area contributed by atoms with Crippen LogP contribution in [-0.2, 0) is 4.79 Å². The van der Waals surface area contributed by atoms with E-state index < -0.39 is 5.91 Å². The number of carbonyl (C=O) groups is 2. The smallest absolute Gasteiger partial charge is 0.258 e. The molecule has 1 aromatic heterocycles. The summed E-state index contributed by atoms with van der Waals surface area (Å²) < 4.78 is 10.3. The average molecular weight is 384 g/mol. The van der Waals surface area contributed by atoms with Crippen LogP contribution in [0, 0.1) is 0 Å². The Bertz CT molecular complexity index is 939. The van der Waals surface area contributed by atoms with Crippen LogP contribution in [-0.4, -0.2) is 34.8 Å². The minimum absolute atomic E-state index is 0.110. The highest BCUT2D eigenvalue weighted by atomic mass is 32.2. The molecule has 0 radical (unpaired) electrons. The van der Waals surface area contributed by atoms with Crippen LogP contribution in [0.25, 0.3) is 11.5 Å². The maximum absolute atomic E-state index is 12.0. The Morgan fingerprint density at radius 1 is 1.15 bits per heavy atom. The van der Waals surface area contributed by atoms with Crippen LogP contribution in [0.5, 0.6) is 5.75 Å². The van der Waals surface area contributed by atoms with E-state index >= 15 is 0 Å². The fraction of sp³-hybridized carbons (Fsp3) is 0.111. The van der Waals surface area contributed by atoms with Crippen LogP contribution >= 0.6 is 11.8 Å². The summed E-state index contributed by atoms with van der Waals surface area (Å²) in [6, 6.07) is 13.5. The van der Waals surface area contributed by atoms with Gasteiger partial charge in [0.15, 0.2) is 0 Å². The number of nitrogens with one attached hydrogen (secondary N) is 1. The van der Waals surface area contributed by atoms with Crippen LogP contribution in [0.2, 0.25) is 0 Å². The minimum Gasteiger partial charge on any atom is -0.497 e. The molecule has 2 amide bonds. The van der Waals surface area contributed by atoms with Gasteiger partial charge >= 0.3 is 0 Å². The molecule has 0 bridgehead atoms. The second kappa shape index (κ2) is 8.37. The molecular formula is C18H16N4O4S. The molecule has 0 aliphatic rings. The number of thioether (sulfide) groups is 1. The summed E-state index contributed by atoms with van der Waals surface area (Å²) in [5.41, 5.74) is 6.88. The molecule has 0 unspecified atom stereocenters. The first-order chi connectivity index (χ1) is 13.0. The second-order valence-corrected chi connectivity index (χ2v) is 6.33. The van der Waals surface area contributed by atoms with Gasteiger partial charge < -0.3 is 20.3 Å². The number of hydrogen-bond donors (Lipinski definition) is 2. The van der Waals surface area contributed by atoms with E-state index in [9.17, 15) is 9.59 Å². The van der Waals surface area contributed by atoms with E-state index in [1.165, 1.54) is 0 Å². The third kappa shape index (κ3) is 4.85. The number of methoxy groups -OCH3 is 1. The summed E-state index contributed by atoms with van der Waals surface area (Å²) in [6.07, 6.45) is 0. The summed E-state index contributed by atoms with van der Waals surface area (Å²) in [4.78, 5) is 27.3. The number of benzene rings is 2. The van der Waals surface area contributed by atoms with Gasteiger partial charge in [-0.15, -0.1) is 0 Å². The second-order valence-electron chi connectivity index (χ2n) is 5.39. The Labute approximate surface area is 159 Å². The van der Waals surface area contributed by atoms with Crippen molar-refractivity contribution in [3.05, 3.63) is 54.1 Å². The Hall–Kier alpha value is -3.33. The number of carbonyl (C=O) groups excluding carboxylic acids is 2. The van der Waals surface area contributed by atoms with Gasteiger partial charge in [-0.25, -0.2) is 0 Å². The first kappa shape index (κ1) is 18.5. The Kier molecular flexibility index (Phi) is 5.72. The molecule has 1 heterocycles. The molecule has 0 saturated carbocycles. The van der Waals surface area contributed by atoms with Gasteiger partial charge in [0.25, 0.3) is 5.89 Å². The molecule has 0 saturated heterocycles. The van der Waals surface area contributed by atoms with Crippen molar-refractivity contribution in [2.24, 2.45) is 5.73 Å². The van der Waals surface area contributed by atoms with Gasteiger partial charge in [-0.3, -0.25) is 9.59 Å². The number of nitrogens with two attached hydrogens (primary N) is 1. The normalized spacial score (nSPS) is 10.4. The first-order valence-electron chi connectivity index (χ1n) is 7.86. The van der Waals surface area contributed by atoms with Crippen LogP contribution in [0.15, 0.2) is 58.2 Å². The predicted octanol–water partition coefficient (Wildman–Crippen LogP) is 2.57. The average Bonchev–Trinajstić information content (AvgIpc) is 3.16. The lowest BCUT2D eigenvalue weighted by Gasteiger charge is -2.04. The number of ether oxygens (including phenoxy) is 1. The zero-order valence-electron chi connectivity index (χ0n) is 14.3. The van der Waals surface area contributed by atoms with Crippen molar-refractivity contribution in [3.63, 3.8) is 0 Å². The highest BCUT2D eigenvalue weighted by Crippen LogP contribution is 2.23. The molecule has 0 atom stereocenters. The maximum Gasteiger partial charge on any atom is 0.258 e. The maximum atomic E-state index is 12.0. The van der Waals surface area contributed by atoms with Crippen LogP contribution in [0.3, 0.4) is 0 Å². The number of rotatable bonds is 7. The Morgan fingerprint density at radius 3 is 2.48 bits per heavy atom. The predicted molar refractivity (Wildman–Crippen MR) is 101 cm³/mol. The van der Waals surface area contributed by atoms with Crippen molar-refractivity contribution in [1.29, 1.82) is 0 Å². The van der Waals surface area contributed by atoms with E-state index in [0.717, 1.165) is 23.1 Å². The van der Waals surface area contributed by atoms with Gasteiger partial charge in [-0.2, -0.15) is 4.98 Å². The summed E-state index contributed by atoms with van der Waals surface area (Å²) >= 11 is 1.15. The van der Waals surface area contributed by atoms with Gasteiger partial charge in [0.1, 0.15) is 5.75 Å². The molecule has 0 spiro atoms. The Balaban J connectivity index is 1.54. The largest absolute Gasteiger partial charge is 0.497 e. The van der Waals surface area contributed by atoms with Gasteiger partial charge in [0, 0.05) is 16.8 Å². The fourth-order valence-electron chi connectivity index (χ4n) is 2.16. The van der Waals surface area contributed by atoms with E-state index in [2.05, 4.69) is 15.5 Å². The standard InChI is InChI=1S/C18H16N4O4S/c1-25-14-8-4-12(5-9-14)17-21-18(22-26-17)27-10-15(23)20-13-6-2-11(3-7-13)16(19)24/h2-9H,10H2,1H3,(H2,19,24)(H,20,23). The molecule has 8 nitrogen and oxygen atoms in total. The lowest BCUT2D eigenvalue weighted by atomic mass is 10.2. The van der Waals surface area contributed by atoms with Crippen LogP contribution < -0.4 is 15.8 Å². The molecule has 3 rings (SSSR count). The molecule has 3 N–H and O–H groups in total. The van der Waals surface area contributed by atoms with E-state index in [1.54, 1.807) is 43.5 Å². The minimum atomic E-state index is -0.520. The number of aromatic nitrogens is 2. The summed E-state index contributed by atoms with van der Waals surface area (Å²) in [5, 5.41) is 6.94.